The monoisotopic (exact) mass is 372 g/mol. The SMILES string of the molecule is CN=C(NCC1CN2CCCC2CO1)N1CCOC(c2ccccc2C)C1. The third-order valence-corrected chi connectivity index (χ3v) is 6.06. The van der Waals surface area contributed by atoms with E-state index in [4.69, 9.17) is 9.47 Å². The minimum absolute atomic E-state index is 0.0924. The molecule has 148 valence electrons. The van der Waals surface area contributed by atoms with Crippen LogP contribution in [0.2, 0.25) is 0 Å². The molecule has 0 aliphatic carbocycles. The highest BCUT2D eigenvalue weighted by Gasteiger charge is 2.32. The second-order valence-electron chi connectivity index (χ2n) is 7.84. The highest BCUT2D eigenvalue weighted by molar-refractivity contribution is 5.80. The fourth-order valence-corrected chi connectivity index (χ4v) is 4.52. The number of nitrogens with one attached hydrogen (secondary N) is 1. The molecule has 1 N–H and O–H groups in total. The van der Waals surface area contributed by atoms with E-state index in [9.17, 15) is 0 Å². The topological polar surface area (TPSA) is 49.3 Å². The highest BCUT2D eigenvalue weighted by atomic mass is 16.5. The van der Waals surface area contributed by atoms with Gasteiger partial charge >= 0.3 is 0 Å². The number of benzene rings is 1. The van der Waals surface area contributed by atoms with Crippen molar-refractivity contribution >= 4 is 5.96 Å². The standard InChI is InChI=1S/C21H32N4O2/c1-16-6-3-4-8-19(16)20-14-25(10-11-26-20)21(22-2)23-12-18-13-24-9-5-7-17(24)15-27-18/h3-4,6,8,17-18,20H,5,7,9-15H2,1-2H3,(H,22,23). The predicted molar refractivity (Wildman–Crippen MR) is 107 cm³/mol. The Labute approximate surface area is 162 Å². The zero-order valence-electron chi connectivity index (χ0n) is 16.6. The Morgan fingerprint density at radius 3 is 2.96 bits per heavy atom. The lowest BCUT2D eigenvalue weighted by Crippen LogP contribution is -2.53. The van der Waals surface area contributed by atoms with Crippen LogP contribution < -0.4 is 5.32 Å². The highest BCUT2D eigenvalue weighted by Crippen LogP contribution is 2.25. The third-order valence-electron chi connectivity index (χ3n) is 6.06. The van der Waals surface area contributed by atoms with Crippen LogP contribution in [-0.4, -0.2) is 80.9 Å². The first-order chi connectivity index (χ1) is 13.2. The summed E-state index contributed by atoms with van der Waals surface area (Å²) < 4.78 is 12.1. The third kappa shape index (κ3) is 4.28. The number of guanidine groups is 1. The number of aliphatic imine (C=N–C) groups is 1. The van der Waals surface area contributed by atoms with Crippen LogP contribution >= 0.6 is 0 Å². The van der Waals surface area contributed by atoms with Crippen molar-refractivity contribution in [3.8, 4) is 0 Å². The van der Waals surface area contributed by atoms with Gasteiger partial charge in [0.05, 0.1) is 25.9 Å². The number of hydrogen-bond acceptors (Lipinski definition) is 4. The van der Waals surface area contributed by atoms with Gasteiger partial charge in [-0.3, -0.25) is 9.89 Å². The van der Waals surface area contributed by atoms with E-state index in [0.717, 1.165) is 45.4 Å². The van der Waals surface area contributed by atoms with Crippen molar-refractivity contribution in [2.75, 3.05) is 53.0 Å². The van der Waals surface area contributed by atoms with Crippen molar-refractivity contribution in [1.82, 2.24) is 15.1 Å². The summed E-state index contributed by atoms with van der Waals surface area (Å²) >= 11 is 0. The summed E-state index contributed by atoms with van der Waals surface area (Å²) in [7, 11) is 1.86. The summed E-state index contributed by atoms with van der Waals surface area (Å²) in [6, 6.07) is 9.13. The summed E-state index contributed by atoms with van der Waals surface area (Å²) in [4.78, 5) is 9.41. The van der Waals surface area contributed by atoms with Gasteiger partial charge in [-0.25, -0.2) is 0 Å². The van der Waals surface area contributed by atoms with Gasteiger partial charge < -0.3 is 19.7 Å². The fraction of sp³-hybridized carbons (Fsp3) is 0.667. The van der Waals surface area contributed by atoms with E-state index in [1.807, 2.05) is 7.05 Å². The molecule has 4 rings (SSSR count). The lowest BCUT2D eigenvalue weighted by Gasteiger charge is -2.38. The van der Waals surface area contributed by atoms with Gasteiger partial charge in [0.1, 0.15) is 6.10 Å². The minimum atomic E-state index is 0.0924. The van der Waals surface area contributed by atoms with Crippen LogP contribution in [0.15, 0.2) is 29.3 Å². The van der Waals surface area contributed by atoms with Gasteiger partial charge in [-0.15, -0.1) is 0 Å². The van der Waals surface area contributed by atoms with Crippen molar-refractivity contribution in [3.63, 3.8) is 0 Å². The molecule has 6 nitrogen and oxygen atoms in total. The molecule has 6 heteroatoms. The number of aryl methyl sites for hydroxylation is 1. The number of rotatable bonds is 3. The number of ether oxygens (including phenoxy) is 2. The Balaban J connectivity index is 1.33. The van der Waals surface area contributed by atoms with Crippen LogP contribution in [0, 0.1) is 6.92 Å². The molecule has 0 radical (unpaired) electrons. The lowest BCUT2D eigenvalue weighted by molar-refractivity contribution is -0.0460. The Kier molecular flexibility index (Phi) is 5.95. The van der Waals surface area contributed by atoms with Crippen molar-refractivity contribution < 1.29 is 9.47 Å². The van der Waals surface area contributed by atoms with Crippen molar-refractivity contribution in [2.45, 2.75) is 38.0 Å². The smallest absolute Gasteiger partial charge is 0.193 e. The number of hydrogen-bond donors (Lipinski definition) is 1. The molecule has 3 heterocycles. The molecule has 0 amide bonds. The molecule has 3 aliphatic rings. The maximum absolute atomic E-state index is 6.08. The molecule has 3 fully saturated rings. The Morgan fingerprint density at radius 2 is 2.11 bits per heavy atom. The molecule has 27 heavy (non-hydrogen) atoms. The maximum atomic E-state index is 6.08. The van der Waals surface area contributed by atoms with Crippen LogP contribution in [0.1, 0.15) is 30.1 Å². The quantitative estimate of drug-likeness (QED) is 0.648. The van der Waals surface area contributed by atoms with E-state index in [1.54, 1.807) is 0 Å². The average Bonchev–Trinajstić information content (AvgIpc) is 3.17. The van der Waals surface area contributed by atoms with Gasteiger partial charge in [0, 0.05) is 32.7 Å². The molecular formula is C21H32N4O2. The molecule has 3 unspecified atom stereocenters. The first-order valence-electron chi connectivity index (χ1n) is 10.2. The molecule has 3 aliphatic heterocycles. The second kappa shape index (κ2) is 8.59. The molecule has 0 aromatic heterocycles. The molecule has 3 saturated heterocycles. The van der Waals surface area contributed by atoms with Crippen molar-refractivity contribution in [2.24, 2.45) is 4.99 Å². The first kappa shape index (κ1) is 18.7. The van der Waals surface area contributed by atoms with Gasteiger partial charge in [-0.1, -0.05) is 24.3 Å². The summed E-state index contributed by atoms with van der Waals surface area (Å²) in [5.41, 5.74) is 2.55. The molecule has 0 saturated carbocycles. The van der Waals surface area contributed by atoms with Crippen molar-refractivity contribution in [1.29, 1.82) is 0 Å². The Morgan fingerprint density at radius 1 is 1.22 bits per heavy atom. The van der Waals surface area contributed by atoms with Crippen molar-refractivity contribution in [3.05, 3.63) is 35.4 Å². The zero-order chi connectivity index (χ0) is 18.6. The number of morpholine rings is 2. The summed E-state index contributed by atoms with van der Waals surface area (Å²) in [5.74, 6) is 0.948. The van der Waals surface area contributed by atoms with Gasteiger partial charge in [0.15, 0.2) is 5.96 Å². The molecule has 3 atom stereocenters. The predicted octanol–water partition coefficient (Wildman–Crippen LogP) is 1.81. The number of fused-ring (bicyclic) bond motifs is 1. The van der Waals surface area contributed by atoms with Crippen LogP contribution in [0.25, 0.3) is 0 Å². The summed E-state index contributed by atoms with van der Waals surface area (Å²) in [6.45, 7) is 8.49. The van der Waals surface area contributed by atoms with E-state index in [2.05, 4.69) is 51.3 Å². The minimum Gasteiger partial charge on any atom is -0.373 e. The van der Waals surface area contributed by atoms with Gasteiger partial charge in [-0.05, 0) is 37.4 Å². The van der Waals surface area contributed by atoms with Gasteiger partial charge in [0.25, 0.3) is 0 Å². The summed E-state index contributed by atoms with van der Waals surface area (Å²) in [6.07, 6.45) is 2.93. The normalized spacial score (nSPS) is 29.6. The average molecular weight is 373 g/mol. The molecule has 0 spiro atoms. The fourth-order valence-electron chi connectivity index (χ4n) is 4.52. The largest absolute Gasteiger partial charge is 0.373 e. The number of nitrogens with zero attached hydrogens (tertiary/aromatic N) is 3. The van der Waals surface area contributed by atoms with E-state index >= 15 is 0 Å². The molecular weight excluding hydrogens is 340 g/mol. The second-order valence-corrected chi connectivity index (χ2v) is 7.84. The lowest BCUT2D eigenvalue weighted by atomic mass is 10.0. The molecule has 1 aromatic rings. The van der Waals surface area contributed by atoms with Crippen LogP contribution in [-0.2, 0) is 9.47 Å². The maximum Gasteiger partial charge on any atom is 0.193 e. The van der Waals surface area contributed by atoms with E-state index in [1.165, 1.54) is 30.5 Å². The first-order valence-corrected chi connectivity index (χ1v) is 10.2. The zero-order valence-corrected chi connectivity index (χ0v) is 16.6. The van der Waals surface area contributed by atoms with E-state index in [0.29, 0.717) is 6.04 Å². The molecule has 1 aromatic carbocycles. The Bertz CT molecular complexity index is 665. The molecule has 0 bridgehead atoms. The van der Waals surface area contributed by atoms with E-state index < -0.39 is 0 Å². The Hall–Kier alpha value is -1.63. The van der Waals surface area contributed by atoms with Crippen LogP contribution in [0.5, 0.6) is 0 Å². The van der Waals surface area contributed by atoms with Gasteiger partial charge in [-0.2, -0.15) is 0 Å². The van der Waals surface area contributed by atoms with Crippen LogP contribution in [0.4, 0.5) is 0 Å². The van der Waals surface area contributed by atoms with Gasteiger partial charge in [0.2, 0.25) is 0 Å². The van der Waals surface area contributed by atoms with E-state index in [-0.39, 0.29) is 12.2 Å². The van der Waals surface area contributed by atoms with Crippen LogP contribution in [0.3, 0.4) is 0 Å². The summed E-state index contributed by atoms with van der Waals surface area (Å²) in [5, 5.41) is 3.54.